The van der Waals surface area contributed by atoms with E-state index in [1.54, 1.807) is 12.1 Å². The van der Waals surface area contributed by atoms with Gasteiger partial charge in [-0.25, -0.2) is 8.42 Å². The van der Waals surface area contributed by atoms with Crippen LogP contribution in [0.4, 0.5) is 0 Å². The predicted octanol–water partition coefficient (Wildman–Crippen LogP) is 6.30. The quantitative estimate of drug-likeness (QED) is 0.224. The average Bonchev–Trinajstić information content (AvgIpc) is 3.49. The highest BCUT2D eigenvalue weighted by Crippen LogP contribution is 2.41. The van der Waals surface area contributed by atoms with Gasteiger partial charge in [-0.2, -0.15) is 0 Å². The lowest BCUT2D eigenvalue weighted by Crippen LogP contribution is -2.66. The summed E-state index contributed by atoms with van der Waals surface area (Å²) in [5.41, 5.74) is 3.67. The maximum atomic E-state index is 13.3. The van der Waals surface area contributed by atoms with Crippen molar-refractivity contribution in [1.82, 2.24) is 0 Å². The van der Waals surface area contributed by atoms with Crippen molar-refractivity contribution in [2.45, 2.75) is 56.9 Å². The molecule has 8 heteroatoms. The SMILES string of the molecule is C/C(=C\c1ccc(O)cc1Cl)CC[C@H]1OC[C@H]2C1=C(CO[Si](c1ccccc1)(c1ccccc1)C(C)(C)C)CS2(=O)=O. The van der Waals surface area contributed by atoms with Crippen molar-refractivity contribution in [3.8, 4) is 5.75 Å². The van der Waals surface area contributed by atoms with E-state index < -0.39 is 23.4 Å². The number of rotatable bonds is 9. The molecule has 0 saturated carbocycles. The second-order valence-electron chi connectivity index (χ2n) is 12.4. The standard InChI is InChI=1S/C34H39ClO5SSi/c1-24(19-25-16-17-27(36)20-30(25)35)15-18-31-33-26(23-41(37,38)32(33)22-39-31)21-40-42(34(2,3)4,28-11-7-5-8-12-28)29-13-9-6-10-14-29/h5-14,16-17,19-20,31-32,36H,15,18,21-23H2,1-4H3/b24-19+/t31-,32+/m1/s1. The van der Waals surface area contributed by atoms with Crippen LogP contribution in [-0.2, 0) is 19.0 Å². The first kappa shape index (κ1) is 30.8. The Morgan fingerprint density at radius 2 is 1.67 bits per heavy atom. The molecular weight excluding hydrogens is 584 g/mol. The number of ether oxygens (including phenoxy) is 1. The lowest BCUT2D eigenvalue weighted by molar-refractivity contribution is 0.117. The molecule has 0 radical (unpaired) electrons. The first-order valence-electron chi connectivity index (χ1n) is 14.4. The van der Waals surface area contributed by atoms with Gasteiger partial charge >= 0.3 is 0 Å². The molecule has 1 fully saturated rings. The maximum absolute atomic E-state index is 13.3. The van der Waals surface area contributed by atoms with Crippen LogP contribution < -0.4 is 10.4 Å². The lowest BCUT2D eigenvalue weighted by atomic mass is 9.97. The Labute approximate surface area is 255 Å². The molecule has 0 aliphatic carbocycles. The molecule has 1 N–H and O–H groups in total. The molecule has 3 aromatic rings. The minimum atomic E-state index is -3.35. The summed E-state index contributed by atoms with van der Waals surface area (Å²) >= 11 is 6.30. The fourth-order valence-corrected chi connectivity index (χ4v) is 13.1. The van der Waals surface area contributed by atoms with Crippen LogP contribution in [0.2, 0.25) is 10.1 Å². The van der Waals surface area contributed by atoms with Crippen molar-refractivity contribution in [1.29, 1.82) is 0 Å². The van der Waals surface area contributed by atoms with Crippen molar-refractivity contribution < 1.29 is 22.7 Å². The lowest BCUT2D eigenvalue weighted by Gasteiger charge is -2.43. The highest BCUT2D eigenvalue weighted by Gasteiger charge is 2.52. The van der Waals surface area contributed by atoms with Crippen molar-refractivity contribution in [3.63, 3.8) is 0 Å². The van der Waals surface area contributed by atoms with E-state index in [1.165, 1.54) is 16.4 Å². The first-order chi connectivity index (χ1) is 19.9. The van der Waals surface area contributed by atoms with Crippen LogP contribution in [0.1, 0.15) is 46.1 Å². The van der Waals surface area contributed by atoms with Gasteiger partial charge in [-0.15, -0.1) is 0 Å². The predicted molar refractivity (Wildman–Crippen MR) is 174 cm³/mol. The smallest absolute Gasteiger partial charge is 0.261 e. The zero-order chi connectivity index (χ0) is 30.1. The summed E-state index contributed by atoms with van der Waals surface area (Å²) in [6.07, 6.45) is 3.12. The summed E-state index contributed by atoms with van der Waals surface area (Å²) in [6, 6.07) is 25.7. The van der Waals surface area contributed by atoms with Crippen LogP contribution in [-0.4, -0.2) is 52.2 Å². The van der Waals surface area contributed by atoms with E-state index in [-0.39, 0.29) is 35.9 Å². The Morgan fingerprint density at radius 3 is 2.24 bits per heavy atom. The average molecular weight is 623 g/mol. The number of allylic oxidation sites excluding steroid dienone is 1. The molecule has 3 aromatic carbocycles. The monoisotopic (exact) mass is 622 g/mol. The van der Waals surface area contributed by atoms with Crippen LogP contribution in [0.25, 0.3) is 6.08 Å². The van der Waals surface area contributed by atoms with Gasteiger partial charge in [-0.1, -0.05) is 105 Å². The third-order valence-electron chi connectivity index (χ3n) is 8.43. The van der Waals surface area contributed by atoms with Gasteiger partial charge in [0.2, 0.25) is 0 Å². The van der Waals surface area contributed by atoms with Crippen LogP contribution in [0.5, 0.6) is 5.75 Å². The Kier molecular flexibility index (Phi) is 8.89. The molecule has 0 unspecified atom stereocenters. The molecule has 2 aliphatic rings. The summed E-state index contributed by atoms with van der Waals surface area (Å²) in [5, 5.41) is 11.7. The molecule has 0 bridgehead atoms. The van der Waals surface area contributed by atoms with Crippen LogP contribution in [0, 0.1) is 0 Å². The largest absolute Gasteiger partial charge is 0.508 e. The van der Waals surface area contributed by atoms with Gasteiger partial charge in [0, 0.05) is 0 Å². The van der Waals surface area contributed by atoms with E-state index in [9.17, 15) is 13.5 Å². The summed E-state index contributed by atoms with van der Waals surface area (Å²) in [4.78, 5) is 0. The molecule has 0 amide bonds. The van der Waals surface area contributed by atoms with Crippen LogP contribution in [0.3, 0.4) is 0 Å². The topological polar surface area (TPSA) is 72.8 Å². The van der Waals surface area contributed by atoms with E-state index in [4.69, 9.17) is 20.8 Å². The fourth-order valence-electron chi connectivity index (χ4n) is 6.42. The summed E-state index contributed by atoms with van der Waals surface area (Å²) in [7, 11) is -6.18. The van der Waals surface area contributed by atoms with Crippen molar-refractivity contribution in [2.24, 2.45) is 0 Å². The Hall–Kier alpha value is -2.68. The van der Waals surface area contributed by atoms with E-state index in [0.29, 0.717) is 11.4 Å². The molecule has 5 nitrogen and oxygen atoms in total. The third-order valence-corrected chi connectivity index (χ3v) is 15.7. The number of phenolic OH excluding ortho intramolecular Hbond substituents is 1. The molecule has 2 aliphatic heterocycles. The molecule has 42 heavy (non-hydrogen) atoms. The van der Waals surface area contributed by atoms with E-state index >= 15 is 0 Å². The Bertz CT molecular complexity index is 1550. The minimum absolute atomic E-state index is 0.0169. The zero-order valence-corrected chi connectivity index (χ0v) is 27.2. The second kappa shape index (κ2) is 12.1. The number of benzene rings is 3. The van der Waals surface area contributed by atoms with E-state index in [1.807, 2.05) is 25.1 Å². The zero-order valence-electron chi connectivity index (χ0n) is 24.6. The number of aromatic hydroxyl groups is 1. The van der Waals surface area contributed by atoms with Gasteiger partial charge in [0.25, 0.3) is 8.32 Å². The number of hydrogen-bond donors (Lipinski definition) is 1. The van der Waals surface area contributed by atoms with Gasteiger partial charge in [-0.3, -0.25) is 0 Å². The molecule has 2 heterocycles. The van der Waals surface area contributed by atoms with Gasteiger partial charge < -0.3 is 14.3 Å². The number of phenols is 1. The first-order valence-corrected chi connectivity index (χ1v) is 18.4. The molecule has 2 atom stereocenters. The number of fused-ring (bicyclic) bond motifs is 1. The number of hydrogen-bond acceptors (Lipinski definition) is 5. The molecule has 0 aromatic heterocycles. The van der Waals surface area contributed by atoms with Crippen molar-refractivity contribution in [3.05, 3.63) is 106 Å². The summed E-state index contributed by atoms with van der Waals surface area (Å²) < 4.78 is 39.9. The third kappa shape index (κ3) is 6.03. The van der Waals surface area contributed by atoms with Gasteiger partial charge in [0.15, 0.2) is 9.84 Å². The van der Waals surface area contributed by atoms with Crippen molar-refractivity contribution in [2.75, 3.05) is 19.0 Å². The second-order valence-corrected chi connectivity index (χ2v) is 19.3. The Morgan fingerprint density at radius 1 is 1.05 bits per heavy atom. The van der Waals surface area contributed by atoms with Gasteiger partial charge in [0.05, 0.1) is 30.1 Å². The molecule has 5 rings (SSSR count). The summed E-state index contributed by atoms with van der Waals surface area (Å²) in [5.74, 6) is 0.144. The fraction of sp³-hybridized carbons (Fsp3) is 0.353. The normalized spacial score (nSPS) is 20.6. The van der Waals surface area contributed by atoms with Crippen molar-refractivity contribution >= 4 is 46.2 Å². The summed E-state index contributed by atoms with van der Waals surface area (Å²) in [6.45, 7) is 9.16. The number of sulfone groups is 1. The Balaban J connectivity index is 1.45. The van der Waals surface area contributed by atoms with Crippen LogP contribution in [0.15, 0.2) is 95.6 Å². The van der Waals surface area contributed by atoms with E-state index in [2.05, 4.69) is 69.3 Å². The minimum Gasteiger partial charge on any atom is -0.508 e. The molecule has 222 valence electrons. The molecule has 0 spiro atoms. The highest BCUT2D eigenvalue weighted by molar-refractivity contribution is 7.92. The maximum Gasteiger partial charge on any atom is 0.261 e. The highest BCUT2D eigenvalue weighted by atomic mass is 35.5. The number of halogens is 1. The van der Waals surface area contributed by atoms with Crippen LogP contribution >= 0.6 is 11.6 Å². The van der Waals surface area contributed by atoms with Gasteiger partial charge in [-0.05, 0) is 70.1 Å². The van der Waals surface area contributed by atoms with Gasteiger partial charge in [0.1, 0.15) is 11.0 Å². The van der Waals surface area contributed by atoms with E-state index in [0.717, 1.165) is 28.7 Å². The molecule has 1 saturated heterocycles. The molecular formula is C34H39ClO5SSi.